The fourth-order valence-corrected chi connectivity index (χ4v) is 5.21. The van der Waals surface area contributed by atoms with E-state index < -0.39 is 24.0 Å². The second-order valence-corrected chi connectivity index (χ2v) is 11.1. The minimum Gasteiger partial charge on any atom is -0.492 e. The maximum absolute atomic E-state index is 13.4. The van der Waals surface area contributed by atoms with E-state index in [2.05, 4.69) is 16.0 Å². The van der Waals surface area contributed by atoms with Gasteiger partial charge in [-0.15, -0.1) is 0 Å². The average molecular weight is 576 g/mol. The number of carbonyl (C=O) groups is 3. The molecule has 0 spiro atoms. The number of para-hydroxylation sites is 1. The van der Waals surface area contributed by atoms with E-state index in [4.69, 9.17) is 27.9 Å². The first-order chi connectivity index (χ1) is 18.7. The summed E-state index contributed by atoms with van der Waals surface area (Å²) in [6.45, 7) is 3.01. The largest absolute Gasteiger partial charge is 0.492 e. The fourth-order valence-electron chi connectivity index (χ4n) is 4.72. The van der Waals surface area contributed by atoms with Gasteiger partial charge in [0.05, 0.1) is 6.04 Å². The number of nitrogens with one attached hydrogen (secondary N) is 3. The van der Waals surface area contributed by atoms with Crippen molar-refractivity contribution in [3.05, 3.63) is 63.6 Å². The molecule has 0 saturated heterocycles. The molecule has 0 bridgehead atoms. The smallest absolute Gasteiger partial charge is 0.243 e. The summed E-state index contributed by atoms with van der Waals surface area (Å²) in [4.78, 5) is 41.4. The fraction of sp³-hybridized carbons (Fsp3) is 0.483. The SMILES string of the molecule is C[C@@H]1C(=O)N[C@H](Cc2ccc(Cl)cc2Cl)C(=O)NCCCc2ccccc2OCCN[C@@H](C2CC2)C(=O)N1C. The molecule has 1 aliphatic carbocycles. The number of hydrogen-bond acceptors (Lipinski definition) is 5. The second kappa shape index (κ2) is 13.5. The van der Waals surface area contributed by atoms with Crippen LogP contribution in [0.5, 0.6) is 5.75 Å². The zero-order valence-corrected chi connectivity index (χ0v) is 23.9. The Kier molecular flexibility index (Phi) is 10.1. The van der Waals surface area contributed by atoms with Crippen molar-refractivity contribution >= 4 is 40.9 Å². The Hall–Kier alpha value is -2.81. The topological polar surface area (TPSA) is 99.8 Å². The highest BCUT2D eigenvalue weighted by Gasteiger charge is 2.39. The molecular formula is C29H36Cl2N4O4. The van der Waals surface area contributed by atoms with Crippen LogP contribution in [0.2, 0.25) is 10.0 Å². The quantitative estimate of drug-likeness (QED) is 0.522. The summed E-state index contributed by atoms with van der Waals surface area (Å²) in [6, 6.07) is 10.9. The van der Waals surface area contributed by atoms with Gasteiger partial charge in [0.25, 0.3) is 0 Å². The summed E-state index contributed by atoms with van der Waals surface area (Å²) in [6.07, 6.45) is 3.52. The molecule has 1 fully saturated rings. The van der Waals surface area contributed by atoms with Crippen LogP contribution in [0.15, 0.2) is 42.5 Å². The van der Waals surface area contributed by atoms with Crippen LogP contribution in [-0.2, 0) is 27.2 Å². The van der Waals surface area contributed by atoms with Crippen LogP contribution in [0.1, 0.15) is 37.3 Å². The Bertz CT molecular complexity index is 1190. The van der Waals surface area contributed by atoms with E-state index in [0.717, 1.165) is 30.6 Å². The van der Waals surface area contributed by atoms with Gasteiger partial charge in [0, 0.05) is 36.6 Å². The number of benzene rings is 2. The predicted molar refractivity (Wildman–Crippen MR) is 152 cm³/mol. The molecule has 4 rings (SSSR count). The first-order valence-corrected chi connectivity index (χ1v) is 14.2. The molecule has 1 saturated carbocycles. The van der Waals surface area contributed by atoms with Crippen LogP contribution in [-0.4, -0.2) is 67.5 Å². The second-order valence-electron chi connectivity index (χ2n) is 10.2. The summed E-state index contributed by atoms with van der Waals surface area (Å²) in [5, 5.41) is 10.1. The summed E-state index contributed by atoms with van der Waals surface area (Å²) < 4.78 is 6.05. The van der Waals surface area contributed by atoms with Gasteiger partial charge in [0.2, 0.25) is 17.7 Å². The van der Waals surface area contributed by atoms with E-state index in [1.54, 1.807) is 32.2 Å². The van der Waals surface area contributed by atoms with E-state index in [1.807, 2.05) is 24.3 Å². The minimum atomic E-state index is -0.881. The average Bonchev–Trinajstić information content (AvgIpc) is 3.76. The van der Waals surface area contributed by atoms with Crippen LogP contribution in [0.25, 0.3) is 0 Å². The van der Waals surface area contributed by atoms with E-state index >= 15 is 0 Å². The van der Waals surface area contributed by atoms with Gasteiger partial charge in [-0.1, -0.05) is 47.5 Å². The maximum Gasteiger partial charge on any atom is 0.243 e. The minimum absolute atomic E-state index is 0.150. The van der Waals surface area contributed by atoms with Gasteiger partial charge in [0.1, 0.15) is 24.4 Å². The van der Waals surface area contributed by atoms with Gasteiger partial charge in [-0.05, 0) is 67.9 Å². The van der Waals surface area contributed by atoms with Crippen LogP contribution in [0.4, 0.5) is 0 Å². The standard InChI is InChI=1S/C29H36Cl2N4O4/c1-18-27(36)34-24(16-21-11-12-22(30)17-23(21)31)28(37)33-13-5-7-19-6-3-4-8-25(19)39-15-14-32-26(20-9-10-20)29(38)35(18)2/h3-4,6,8,11-12,17-18,20,24,26,32H,5,7,9-10,13-16H2,1-2H3,(H,33,37)(H,34,36)/t18-,24-,26+/m1/s1. The zero-order valence-electron chi connectivity index (χ0n) is 22.3. The molecule has 0 unspecified atom stereocenters. The molecule has 2 aliphatic rings. The third kappa shape index (κ3) is 7.87. The number of halogens is 2. The number of rotatable bonds is 3. The highest BCUT2D eigenvalue weighted by molar-refractivity contribution is 6.35. The molecule has 1 heterocycles. The number of nitrogens with zero attached hydrogens (tertiary/aromatic N) is 1. The monoisotopic (exact) mass is 574 g/mol. The third-order valence-corrected chi connectivity index (χ3v) is 7.95. The maximum atomic E-state index is 13.4. The predicted octanol–water partition coefficient (Wildman–Crippen LogP) is 3.38. The van der Waals surface area contributed by atoms with Crippen molar-refractivity contribution in [3.63, 3.8) is 0 Å². The molecule has 3 N–H and O–H groups in total. The molecule has 8 nitrogen and oxygen atoms in total. The number of fused-ring (bicyclic) bond motifs is 1. The van der Waals surface area contributed by atoms with E-state index in [1.165, 1.54) is 4.90 Å². The van der Waals surface area contributed by atoms with Gasteiger partial charge in [-0.2, -0.15) is 0 Å². The molecular weight excluding hydrogens is 539 g/mol. The Balaban J connectivity index is 1.56. The molecule has 10 heteroatoms. The number of amides is 3. The summed E-state index contributed by atoms with van der Waals surface area (Å²) in [7, 11) is 1.62. The van der Waals surface area contributed by atoms with Crippen LogP contribution >= 0.6 is 23.2 Å². The van der Waals surface area contributed by atoms with Gasteiger partial charge in [-0.25, -0.2) is 0 Å². The van der Waals surface area contributed by atoms with Crippen LogP contribution in [0.3, 0.4) is 0 Å². The molecule has 39 heavy (non-hydrogen) atoms. The van der Waals surface area contributed by atoms with Crippen molar-refractivity contribution in [2.75, 3.05) is 26.7 Å². The van der Waals surface area contributed by atoms with Crippen molar-refractivity contribution < 1.29 is 19.1 Å². The zero-order chi connectivity index (χ0) is 27.9. The highest BCUT2D eigenvalue weighted by Crippen LogP contribution is 2.33. The van der Waals surface area contributed by atoms with Crippen molar-refractivity contribution in [2.45, 2.75) is 57.2 Å². The van der Waals surface area contributed by atoms with Gasteiger partial charge >= 0.3 is 0 Å². The van der Waals surface area contributed by atoms with E-state index in [-0.39, 0.29) is 24.2 Å². The van der Waals surface area contributed by atoms with E-state index in [9.17, 15) is 14.4 Å². The Labute approximate surface area is 239 Å². The number of hydrogen-bond donors (Lipinski definition) is 3. The molecule has 2 aromatic carbocycles. The van der Waals surface area contributed by atoms with Crippen LogP contribution in [0, 0.1) is 5.92 Å². The number of aryl methyl sites for hydroxylation is 1. The summed E-state index contributed by atoms with van der Waals surface area (Å²) in [5.74, 6) is 0.152. The highest BCUT2D eigenvalue weighted by atomic mass is 35.5. The Morgan fingerprint density at radius 3 is 2.54 bits per heavy atom. The summed E-state index contributed by atoms with van der Waals surface area (Å²) >= 11 is 12.4. The van der Waals surface area contributed by atoms with Crippen molar-refractivity contribution in [3.8, 4) is 5.75 Å². The Morgan fingerprint density at radius 1 is 1.03 bits per heavy atom. The molecule has 0 aromatic heterocycles. The van der Waals surface area contributed by atoms with Gasteiger partial charge < -0.3 is 25.6 Å². The molecule has 0 radical (unpaired) electrons. The molecule has 1 aliphatic heterocycles. The van der Waals surface area contributed by atoms with Gasteiger partial charge in [-0.3, -0.25) is 14.4 Å². The molecule has 210 valence electrons. The third-order valence-electron chi connectivity index (χ3n) is 7.36. The lowest BCUT2D eigenvalue weighted by Gasteiger charge is -2.30. The lowest BCUT2D eigenvalue weighted by Crippen LogP contribution is -2.56. The van der Waals surface area contributed by atoms with Crippen molar-refractivity contribution in [1.82, 2.24) is 20.9 Å². The normalized spacial score (nSPS) is 24.1. The van der Waals surface area contributed by atoms with Crippen molar-refractivity contribution in [1.29, 1.82) is 0 Å². The Morgan fingerprint density at radius 2 is 1.79 bits per heavy atom. The van der Waals surface area contributed by atoms with Gasteiger partial charge in [0.15, 0.2) is 0 Å². The van der Waals surface area contributed by atoms with Crippen LogP contribution < -0.4 is 20.7 Å². The number of ether oxygens (including phenoxy) is 1. The first kappa shape index (κ1) is 29.2. The molecule has 2 aromatic rings. The molecule has 3 atom stereocenters. The molecule has 3 amide bonds. The lowest BCUT2D eigenvalue weighted by atomic mass is 10.0. The lowest BCUT2D eigenvalue weighted by molar-refractivity contribution is -0.141. The summed E-state index contributed by atoms with van der Waals surface area (Å²) in [5.41, 5.74) is 1.74. The number of likely N-dealkylation sites (N-methyl/N-ethyl adjacent to an activating group) is 1. The van der Waals surface area contributed by atoms with E-state index in [0.29, 0.717) is 41.7 Å². The number of carbonyl (C=O) groups excluding carboxylic acids is 3. The van der Waals surface area contributed by atoms with Crippen molar-refractivity contribution in [2.24, 2.45) is 5.92 Å². The first-order valence-electron chi connectivity index (χ1n) is 13.5.